The van der Waals surface area contributed by atoms with Crippen LogP contribution in [0.4, 0.5) is 0 Å². The maximum atomic E-state index is 10.9. The van der Waals surface area contributed by atoms with Crippen LogP contribution in [0.1, 0.15) is 10.5 Å². The van der Waals surface area contributed by atoms with Crippen LogP contribution in [-0.4, -0.2) is 24.1 Å². The topological polar surface area (TPSA) is 53.1 Å². The highest BCUT2D eigenvalue weighted by Gasteiger charge is 2.20. The number of aromatic nitrogens is 1. The smallest absolute Gasteiger partial charge is 0.352 e. The summed E-state index contributed by atoms with van der Waals surface area (Å²) in [6.07, 6.45) is 0. The van der Waals surface area contributed by atoms with Crippen molar-refractivity contribution in [1.82, 2.24) is 4.98 Å². The number of fused-ring (bicyclic) bond motifs is 1. The third-order valence-corrected chi connectivity index (χ3v) is 4.75. The summed E-state index contributed by atoms with van der Waals surface area (Å²) in [5, 5.41) is 11.3. The Morgan fingerprint density at radius 2 is 2.00 bits per heavy atom. The van der Waals surface area contributed by atoms with Crippen LogP contribution < -0.4 is 5.19 Å². The van der Waals surface area contributed by atoms with Crippen LogP contribution in [0.2, 0.25) is 19.6 Å². The number of hydrogen-bond donors (Lipinski definition) is 2. The number of hydrogen-bond acceptors (Lipinski definition) is 1. The third kappa shape index (κ3) is 1.76. The second-order valence-corrected chi connectivity index (χ2v) is 10.0. The Morgan fingerprint density at radius 3 is 2.56 bits per heavy atom. The number of H-pyrrole nitrogens is 1. The van der Waals surface area contributed by atoms with Gasteiger partial charge in [0.25, 0.3) is 0 Å². The molecule has 1 aromatic heterocycles. The lowest BCUT2D eigenvalue weighted by Crippen LogP contribution is -2.37. The maximum Gasteiger partial charge on any atom is 0.352 e. The molecule has 0 amide bonds. The van der Waals surface area contributed by atoms with Gasteiger partial charge in [-0.05, 0) is 17.5 Å². The van der Waals surface area contributed by atoms with Crippen LogP contribution in [0.25, 0.3) is 10.9 Å². The van der Waals surface area contributed by atoms with Crippen LogP contribution in [0.5, 0.6) is 0 Å². The van der Waals surface area contributed by atoms with Crippen molar-refractivity contribution in [3.63, 3.8) is 0 Å². The van der Waals surface area contributed by atoms with Crippen LogP contribution in [-0.2, 0) is 0 Å². The molecule has 0 bridgehead atoms. The van der Waals surface area contributed by atoms with Gasteiger partial charge in [0.05, 0.1) is 8.07 Å². The van der Waals surface area contributed by atoms with Crippen molar-refractivity contribution >= 4 is 30.1 Å². The minimum atomic E-state index is -1.43. The minimum absolute atomic E-state index is 0.265. The lowest BCUT2D eigenvalue weighted by Gasteiger charge is -2.17. The van der Waals surface area contributed by atoms with Gasteiger partial charge in [0.2, 0.25) is 0 Å². The molecule has 2 rings (SSSR count). The van der Waals surface area contributed by atoms with Crippen molar-refractivity contribution < 1.29 is 9.90 Å². The molecule has 84 valence electrons. The second kappa shape index (κ2) is 3.49. The molecule has 2 aromatic rings. The molecule has 0 radical (unpaired) electrons. The van der Waals surface area contributed by atoms with Gasteiger partial charge in [-0.25, -0.2) is 4.79 Å². The zero-order chi connectivity index (χ0) is 11.9. The van der Waals surface area contributed by atoms with Crippen LogP contribution in [0.3, 0.4) is 0 Å². The summed E-state index contributed by atoms with van der Waals surface area (Å²) in [5.41, 5.74) is 1.18. The molecule has 1 heterocycles. The van der Waals surface area contributed by atoms with E-state index in [1.54, 1.807) is 6.07 Å². The van der Waals surface area contributed by atoms with Gasteiger partial charge in [-0.3, -0.25) is 0 Å². The molecule has 0 aliphatic rings. The summed E-state index contributed by atoms with van der Waals surface area (Å²) in [7, 11) is -1.43. The molecule has 2 N–H and O–H groups in total. The normalized spacial score (nSPS) is 11.9. The summed E-state index contributed by atoms with van der Waals surface area (Å²) in [6.45, 7) is 6.78. The molecule has 0 fully saturated rings. The average molecular weight is 233 g/mol. The molecular formula is C12H15NO2Si. The van der Waals surface area contributed by atoms with Crippen molar-refractivity contribution in [2.75, 3.05) is 0 Å². The fraction of sp³-hybridized carbons (Fsp3) is 0.250. The van der Waals surface area contributed by atoms with Crippen molar-refractivity contribution in [2.45, 2.75) is 19.6 Å². The summed E-state index contributed by atoms with van der Waals surface area (Å²) >= 11 is 0. The number of aromatic carboxylic acids is 1. The first-order chi connectivity index (χ1) is 7.39. The number of aromatic amines is 1. The van der Waals surface area contributed by atoms with Gasteiger partial charge in [0.1, 0.15) is 5.69 Å². The molecule has 0 atom stereocenters. The SMILES string of the molecule is C[Si](C)(C)c1cccc2[nH]c(C(=O)O)cc12. The van der Waals surface area contributed by atoms with Crippen molar-refractivity contribution in [3.8, 4) is 0 Å². The molecular weight excluding hydrogens is 218 g/mol. The first-order valence-corrected chi connectivity index (χ1v) is 8.75. The highest BCUT2D eigenvalue weighted by atomic mass is 28.3. The first-order valence-electron chi connectivity index (χ1n) is 5.25. The number of carbonyl (C=O) groups is 1. The number of carboxylic acid groups (broad SMARTS) is 1. The van der Waals surface area contributed by atoms with Crippen LogP contribution >= 0.6 is 0 Å². The Kier molecular flexibility index (Phi) is 2.39. The molecule has 0 aliphatic carbocycles. The van der Waals surface area contributed by atoms with E-state index >= 15 is 0 Å². The second-order valence-electron chi connectivity index (χ2n) is 5.00. The quantitative estimate of drug-likeness (QED) is 0.783. The van der Waals surface area contributed by atoms with Crippen molar-refractivity contribution in [3.05, 3.63) is 30.0 Å². The van der Waals surface area contributed by atoms with Gasteiger partial charge >= 0.3 is 5.97 Å². The van der Waals surface area contributed by atoms with Gasteiger partial charge in [-0.1, -0.05) is 37.0 Å². The van der Waals surface area contributed by atoms with E-state index in [4.69, 9.17) is 5.11 Å². The monoisotopic (exact) mass is 233 g/mol. The molecule has 0 spiro atoms. The van der Waals surface area contributed by atoms with E-state index in [1.165, 1.54) is 5.19 Å². The predicted octanol–water partition coefficient (Wildman–Crippen LogP) is 2.41. The average Bonchev–Trinajstić information content (AvgIpc) is 2.58. The van der Waals surface area contributed by atoms with Crippen LogP contribution in [0.15, 0.2) is 24.3 Å². The Hall–Kier alpha value is -1.55. The summed E-state index contributed by atoms with van der Waals surface area (Å²) in [5.74, 6) is -0.905. The fourth-order valence-electron chi connectivity index (χ4n) is 1.92. The van der Waals surface area contributed by atoms with Gasteiger partial charge in [-0.2, -0.15) is 0 Å². The molecule has 4 heteroatoms. The Bertz CT molecular complexity index is 552. The lowest BCUT2D eigenvalue weighted by atomic mass is 10.2. The molecule has 0 saturated heterocycles. The summed E-state index contributed by atoms with van der Waals surface area (Å²) < 4.78 is 0. The van der Waals surface area contributed by atoms with Crippen LogP contribution in [0, 0.1) is 0 Å². The van der Waals surface area contributed by atoms with Gasteiger partial charge in [-0.15, -0.1) is 0 Å². The van der Waals surface area contributed by atoms with E-state index in [0.717, 1.165) is 10.9 Å². The molecule has 1 aromatic carbocycles. The van der Waals surface area contributed by atoms with E-state index in [-0.39, 0.29) is 5.69 Å². The van der Waals surface area contributed by atoms with E-state index in [9.17, 15) is 4.79 Å². The Balaban J connectivity index is 2.73. The zero-order valence-corrected chi connectivity index (χ0v) is 10.7. The first kappa shape index (κ1) is 10.9. The van der Waals surface area contributed by atoms with Gasteiger partial charge < -0.3 is 10.1 Å². The van der Waals surface area contributed by atoms with Gasteiger partial charge in [0, 0.05) is 5.52 Å². The standard InChI is InChI=1S/C12H15NO2Si/c1-16(2,3)11-6-4-5-9-8(11)7-10(13-9)12(14)15/h4-7,13H,1-3H3,(H,14,15). The van der Waals surface area contributed by atoms with Crippen molar-refractivity contribution in [1.29, 1.82) is 0 Å². The van der Waals surface area contributed by atoms with E-state index in [0.29, 0.717) is 0 Å². The summed E-state index contributed by atoms with van der Waals surface area (Å²) in [4.78, 5) is 13.8. The third-order valence-electron chi connectivity index (χ3n) is 2.70. The molecule has 3 nitrogen and oxygen atoms in total. The highest BCUT2D eigenvalue weighted by molar-refractivity contribution is 6.90. The summed E-state index contributed by atoms with van der Waals surface area (Å²) in [6, 6.07) is 7.75. The van der Waals surface area contributed by atoms with Gasteiger partial charge in [0.15, 0.2) is 0 Å². The fourth-order valence-corrected chi connectivity index (χ4v) is 3.54. The number of carboxylic acids is 1. The molecule has 16 heavy (non-hydrogen) atoms. The molecule has 0 aliphatic heterocycles. The van der Waals surface area contributed by atoms with E-state index < -0.39 is 14.0 Å². The zero-order valence-electron chi connectivity index (χ0n) is 9.66. The minimum Gasteiger partial charge on any atom is -0.477 e. The largest absolute Gasteiger partial charge is 0.477 e. The maximum absolute atomic E-state index is 10.9. The van der Waals surface area contributed by atoms with E-state index in [1.807, 2.05) is 12.1 Å². The molecule has 0 saturated carbocycles. The number of rotatable bonds is 2. The number of nitrogens with one attached hydrogen (secondary N) is 1. The predicted molar refractivity (Wildman–Crippen MR) is 68.2 cm³/mol. The number of benzene rings is 1. The molecule has 0 unspecified atom stereocenters. The lowest BCUT2D eigenvalue weighted by molar-refractivity contribution is 0.0691. The van der Waals surface area contributed by atoms with E-state index in [2.05, 4.69) is 30.7 Å². The Morgan fingerprint density at radius 1 is 1.31 bits per heavy atom. The van der Waals surface area contributed by atoms with Crippen molar-refractivity contribution in [2.24, 2.45) is 0 Å². The highest BCUT2D eigenvalue weighted by Crippen LogP contribution is 2.17. The Labute approximate surface area is 95.1 Å².